The van der Waals surface area contributed by atoms with E-state index in [0.29, 0.717) is 23.3 Å². The molecule has 0 aromatic carbocycles. The van der Waals surface area contributed by atoms with E-state index in [2.05, 4.69) is 11.8 Å². The Balaban J connectivity index is 1.71. The van der Waals surface area contributed by atoms with E-state index in [9.17, 15) is 4.79 Å². The van der Waals surface area contributed by atoms with Gasteiger partial charge < -0.3 is 0 Å². The fraction of sp³-hybridized carbons (Fsp3) is 0.933. The molecule has 2 atom stereocenters. The number of carbonyl (C=O) groups excluding carboxylic acids is 1. The molecule has 2 heteroatoms. The molecule has 2 heterocycles. The maximum atomic E-state index is 11.7. The van der Waals surface area contributed by atoms with E-state index < -0.39 is 0 Å². The number of hydrogen-bond donors (Lipinski definition) is 0. The van der Waals surface area contributed by atoms with Crippen LogP contribution < -0.4 is 0 Å². The number of hydrogen-bond acceptors (Lipinski definition) is 2. The Kier molecular flexibility index (Phi) is 3.02. The largest absolute Gasteiger partial charge is 0.300 e. The Morgan fingerprint density at radius 2 is 1.82 bits per heavy atom. The zero-order valence-electron chi connectivity index (χ0n) is 11.1. The second kappa shape index (κ2) is 4.38. The second-order valence-corrected chi connectivity index (χ2v) is 6.56. The molecule has 0 spiro atoms. The highest BCUT2D eigenvalue weighted by atomic mass is 16.1. The van der Waals surface area contributed by atoms with Crippen LogP contribution in [0.1, 0.15) is 64.7 Å². The molecule has 3 fully saturated rings. The summed E-state index contributed by atoms with van der Waals surface area (Å²) in [4.78, 5) is 14.4. The van der Waals surface area contributed by atoms with E-state index >= 15 is 0 Å². The monoisotopic (exact) mass is 235 g/mol. The van der Waals surface area contributed by atoms with Crippen molar-refractivity contribution >= 4 is 5.78 Å². The molecular formula is C15H25NO. The van der Waals surface area contributed by atoms with E-state index in [4.69, 9.17) is 0 Å². The molecule has 0 aromatic rings. The van der Waals surface area contributed by atoms with Crippen molar-refractivity contribution in [2.24, 2.45) is 5.41 Å². The van der Waals surface area contributed by atoms with Gasteiger partial charge in [-0.25, -0.2) is 0 Å². The molecule has 1 saturated carbocycles. The third-order valence-electron chi connectivity index (χ3n) is 5.62. The molecule has 3 rings (SSSR count). The molecule has 0 aromatic heterocycles. The quantitative estimate of drug-likeness (QED) is 0.749. The Morgan fingerprint density at radius 3 is 2.29 bits per heavy atom. The van der Waals surface area contributed by atoms with Crippen LogP contribution in [0.4, 0.5) is 0 Å². The Bertz CT molecular complexity index is 287. The summed E-state index contributed by atoms with van der Waals surface area (Å²) in [5.74, 6) is 0.523. The van der Waals surface area contributed by atoms with Crippen LogP contribution in [0.15, 0.2) is 0 Å². The molecule has 96 valence electrons. The lowest BCUT2D eigenvalue weighted by molar-refractivity contribution is -0.129. The summed E-state index contributed by atoms with van der Waals surface area (Å²) >= 11 is 0. The van der Waals surface area contributed by atoms with Crippen molar-refractivity contribution in [3.05, 3.63) is 0 Å². The fourth-order valence-electron chi connectivity index (χ4n) is 4.21. The van der Waals surface area contributed by atoms with E-state index in [1.165, 1.54) is 51.5 Å². The minimum absolute atomic E-state index is 0.523. The summed E-state index contributed by atoms with van der Waals surface area (Å²) in [6, 6.07) is 1.19. The van der Waals surface area contributed by atoms with Gasteiger partial charge in [-0.2, -0.15) is 0 Å². The third kappa shape index (κ3) is 2.05. The van der Waals surface area contributed by atoms with Gasteiger partial charge in [0, 0.05) is 31.5 Å². The molecule has 2 saturated heterocycles. The van der Waals surface area contributed by atoms with Gasteiger partial charge in [0.05, 0.1) is 0 Å². The van der Waals surface area contributed by atoms with Crippen LogP contribution in [0, 0.1) is 5.41 Å². The Hall–Kier alpha value is -0.370. The van der Waals surface area contributed by atoms with Gasteiger partial charge in [0.25, 0.3) is 0 Å². The lowest BCUT2D eigenvalue weighted by Gasteiger charge is -2.52. The summed E-state index contributed by atoms with van der Waals surface area (Å²) in [6.07, 6.45) is 11.2. The van der Waals surface area contributed by atoms with Gasteiger partial charge >= 0.3 is 0 Å². The number of rotatable bonds is 3. The molecule has 2 aliphatic heterocycles. The summed E-state index contributed by atoms with van der Waals surface area (Å²) in [5, 5.41) is 0. The van der Waals surface area contributed by atoms with Crippen molar-refractivity contribution in [2.45, 2.75) is 76.8 Å². The first-order valence-corrected chi connectivity index (χ1v) is 7.50. The summed E-state index contributed by atoms with van der Waals surface area (Å²) < 4.78 is 0. The normalized spacial score (nSPS) is 36.6. The number of piperidine rings is 2. The lowest BCUT2D eigenvalue weighted by atomic mass is 9.65. The Morgan fingerprint density at radius 1 is 1.18 bits per heavy atom. The zero-order valence-corrected chi connectivity index (χ0v) is 11.1. The first kappa shape index (κ1) is 11.7. The second-order valence-electron chi connectivity index (χ2n) is 6.56. The first-order chi connectivity index (χ1) is 8.22. The molecule has 0 N–H and O–H groups in total. The number of carbonyl (C=O) groups is 1. The van der Waals surface area contributed by atoms with Crippen molar-refractivity contribution in [3.63, 3.8) is 0 Å². The highest BCUT2D eigenvalue weighted by molar-refractivity contribution is 5.80. The standard InChI is InChI=1S/C15H25NO/c1-2-15(7-4-8-15)11-16-12-5-3-6-13(16)10-14(17)9-12/h12-13H,2-11H2,1H3. The van der Waals surface area contributed by atoms with Gasteiger partial charge in [-0.05, 0) is 37.5 Å². The Labute approximate surface area is 105 Å². The van der Waals surface area contributed by atoms with Gasteiger partial charge in [0.1, 0.15) is 5.78 Å². The van der Waals surface area contributed by atoms with Gasteiger partial charge in [0.15, 0.2) is 0 Å². The molecule has 2 bridgehead atoms. The van der Waals surface area contributed by atoms with Crippen molar-refractivity contribution in [2.75, 3.05) is 6.54 Å². The third-order valence-corrected chi connectivity index (χ3v) is 5.62. The summed E-state index contributed by atoms with van der Waals surface area (Å²) in [5.41, 5.74) is 0.619. The van der Waals surface area contributed by atoms with Crippen LogP contribution in [0.3, 0.4) is 0 Å². The van der Waals surface area contributed by atoms with Crippen molar-refractivity contribution in [1.82, 2.24) is 4.90 Å². The molecule has 1 aliphatic carbocycles. The smallest absolute Gasteiger partial charge is 0.136 e. The predicted octanol–water partition coefficient (Wildman–Crippen LogP) is 3.15. The molecular weight excluding hydrogens is 210 g/mol. The number of fused-ring (bicyclic) bond motifs is 2. The van der Waals surface area contributed by atoms with Crippen LogP contribution in [0.2, 0.25) is 0 Å². The van der Waals surface area contributed by atoms with Crippen LogP contribution in [-0.4, -0.2) is 29.3 Å². The van der Waals surface area contributed by atoms with Crippen molar-refractivity contribution in [3.8, 4) is 0 Å². The number of Topliss-reactive ketones (excluding diaryl/α,β-unsaturated/α-hetero) is 1. The number of ketones is 1. The fourth-order valence-corrected chi connectivity index (χ4v) is 4.21. The molecule has 0 amide bonds. The number of nitrogens with zero attached hydrogens (tertiary/aromatic N) is 1. The molecule has 17 heavy (non-hydrogen) atoms. The zero-order chi connectivity index (χ0) is 11.9. The highest BCUT2D eigenvalue weighted by Gasteiger charge is 2.43. The van der Waals surface area contributed by atoms with E-state index in [0.717, 1.165) is 12.8 Å². The van der Waals surface area contributed by atoms with E-state index in [1.54, 1.807) is 0 Å². The summed E-state index contributed by atoms with van der Waals surface area (Å²) in [7, 11) is 0. The minimum Gasteiger partial charge on any atom is -0.300 e. The van der Waals surface area contributed by atoms with Crippen molar-refractivity contribution in [1.29, 1.82) is 0 Å². The van der Waals surface area contributed by atoms with Crippen LogP contribution in [0.5, 0.6) is 0 Å². The average Bonchev–Trinajstić information content (AvgIpc) is 2.24. The van der Waals surface area contributed by atoms with Crippen LogP contribution >= 0.6 is 0 Å². The lowest BCUT2D eigenvalue weighted by Crippen LogP contribution is -2.56. The molecule has 3 aliphatic rings. The first-order valence-electron chi connectivity index (χ1n) is 7.50. The van der Waals surface area contributed by atoms with Gasteiger partial charge in [-0.3, -0.25) is 9.69 Å². The molecule has 2 nitrogen and oxygen atoms in total. The SMILES string of the molecule is CCC1(CN2C3CCCC2CC(=O)C3)CCC1. The van der Waals surface area contributed by atoms with Gasteiger partial charge in [-0.15, -0.1) is 0 Å². The molecule has 0 radical (unpaired) electrons. The average molecular weight is 235 g/mol. The maximum absolute atomic E-state index is 11.7. The van der Waals surface area contributed by atoms with Crippen LogP contribution in [0.25, 0.3) is 0 Å². The van der Waals surface area contributed by atoms with Crippen LogP contribution in [-0.2, 0) is 4.79 Å². The summed E-state index contributed by atoms with van der Waals surface area (Å²) in [6.45, 7) is 3.64. The van der Waals surface area contributed by atoms with Gasteiger partial charge in [-0.1, -0.05) is 19.8 Å². The maximum Gasteiger partial charge on any atom is 0.136 e. The van der Waals surface area contributed by atoms with Gasteiger partial charge in [0.2, 0.25) is 0 Å². The van der Waals surface area contributed by atoms with E-state index in [-0.39, 0.29) is 0 Å². The highest BCUT2D eigenvalue weighted by Crippen LogP contribution is 2.46. The van der Waals surface area contributed by atoms with E-state index in [1.807, 2.05) is 0 Å². The minimum atomic E-state index is 0.523. The topological polar surface area (TPSA) is 20.3 Å². The predicted molar refractivity (Wildman–Crippen MR) is 68.9 cm³/mol. The van der Waals surface area contributed by atoms with Crippen molar-refractivity contribution < 1.29 is 4.79 Å². The molecule has 2 unspecified atom stereocenters.